The second kappa shape index (κ2) is 6.05. The number of hydrogen-bond donors (Lipinski definition) is 1. The molecule has 0 aliphatic carbocycles. The minimum absolute atomic E-state index is 0.0215. The van der Waals surface area contributed by atoms with Gasteiger partial charge in [-0.05, 0) is 6.92 Å². The zero-order chi connectivity index (χ0) is 11.3. The van der Waals surface area contributed by atoms with Crippen molar-refractivity contribution in [3.8, 4) is 0 Å². The Kier molecular flexibility index (Phi) is 5.01. The van der Waals surface area contributed by atoms with Crippen LogP contribution in [0.2, 0.25) is 0 Å². The second-order valence-corrected chi connectivity index (χ2v) is 4.03. The van der Waals surface area contributed by atoms with E-state index in [1.165, 1.54) is 4.90 Å². The van der Waals surface area contributed by atoms with Crippen molar-refractivity contribution in [1.82, 2.24) is 10.2 Å². The van der Waals surface area contributed by atoms with Crippen LogP contribution in [0.5, 0.6) is 0 Å². The van der Waals surface area contributed by atoms with Gasteiger partial charge in [-0.2, -0.15) is 0 Å². The summed E-state index contributed by atoms with van der Waals surface area (Å²) in [5.74, 6) is -0.0215. The third kappa shape index (κ3) is 4.59. The van der Waals surface area contributed by atoms with Crippen molar-refractivity contribution in [2.75, 3.05) is 40.4 Å². The molecule has 5 heteroatoms. The number of carbonyl (C=O) groups is 1. The van der Waals surface area contributed by atoms with Gasteiger partial charge in [0.05, 0.1) is 18.8 Å². The summed E-state index contributed by atoms with van der Waals surface area (Å²) in [5.41, 5.74) is 0. The van der Waals surface area contributed by atoms with Crippen molar-refractivity contribution in [2.24, 2.45) is 0 Å². The summed E-state index contributed by atoms with van der Waals surface area (Å²) >= 11 is 0. The molecule has 1 fully saturated rings. The number of nitrogens with one attached hydrogen (secondary N) is 1. The number of hydrogen-bond acceptors (Lipinski definition) is 4. The van der Waals surface area contributed by atoms with Crippen LogP contribution in [0.1, 0.15) is 6.92 Å². The maximum atomic E-state index is 11.2. The van der Waals surface area contributed by atoms with Gasteiger partial charge >= 0.3 is 0 Å². The van der Waals surface area contributed by atoms with E-state index in [9.17, 15) is 4.79 Å². The Morgan fingerprint density at radius 2 is 2.27 bits per heavy atom. The van der Waals surface area contributed by atoms with Crippen LogP contribution in [0, 0.1) is 0 Å². The maximum Gasteiger partial charge on any atom is 0.248 e. The van der Waals surface area contributed by atoms with E-state index in [-0.39, 0.29) is 24.7 Å². The molecule has 1 saturated heterocycles. The van der Waals surface area contributed by atoms with Gasteiger partial charge in [-0.3, -0.25) is 4.79 Å². The summed E-state index contributed by atoms with van der Waals surface area (Å²) in [6.07, 6.45) is 0.278. The van der Waals surface area contributed by atoms with Crippen molar-refractivity contribution in [1.29, 1.82) is 0 Å². The van der Waals surface area contributed by atoms with Crippen LogP contribution in [-0.2, 0) is 14.3 Å². The lowest BCUT2D eigenvalue weighted by atomic mass is 10.2. The average Bonchev–Trinajstić information content (AvgIpc) is 2.17. The van der Waals surface area contributed by atoms with Crippen molar-refractivity contribution < 1.29 is 14.3 Å². The fraction of sp³-hybridized carbons (Fsp3) is 0.900. The van der Waals surface area contributed by atoms with Gasteiger partial charge in [0.1, 0.15) is 6.61 Å². The summed E-state index contributed by atoms with van der Waals surface area (Å²) in [7, 11) is 3.43. The van der Waals surface area contributed by atoms with E-state index < -0.39 is 0 Å². The first-order valence-electron chi connectivity index (χ1n) is 5.23. The third-order valence-corrected chi connectivity index (χ3v) is 2.26. The van der Waals surface area contributed by atoms with Crippen LogP contribution in [0.15, 0.2) is 0 Å². The number of ether oxygens (including phenoxy) is 2. The quantitative estimate of drug-likeness (QED) is 0.686. The number of carbonyl (C=O) groups excluding carboxylic acids is 1. The number of rotatable bonds is 4. The average molecular weight is 216 g/mol. The molecule has 0 aromatic heterocycles. The fourth-order valence-electron chi connectivity index (χ4n) is 1.38. The molecule has 0 aromatic carbocycles. The first-order chi connectivity index (χ1) is 7.09. The minimum atomic E-state index is -0.0215. The summed E-state index contributed by atoms with van der Waals surface area (Å²) in [6.45, 7) is 4.29. The van der Waals surface area contributed by atoms with Crippen LogP contribution in [-0.4, -0.2) is 63.4 Å². The number of amides is 1. The Labute approximate surface area is 90.7 Å². The van der Waals surface area contributed by atoms with Crippen molar-refractivity contribution in [3.05, 3.63) is 0 Å². The van der Waals surface area contributed by atoms with Gasteiger partial charge in [-0.25, -0.2) is 0 Å². The normalized spacial score (nSPS) is 26.3. The molecule has 0 aromatic rings. The lowest BCUT2D eigenvalue weighted by molar-refractivity contribution is -0.136. The lowest BCUT2D eigenvalue weighted by Gasteiger charge is -2.28. The highest BCUT2D eigenvalue weighted by molar-refractivity contribution is 5.76. The van der Waals surface area contributed by atoms with E-state index in [1.54, 1.807) is 14.1 Å². The van der Waals surface area contributed by atoms with Crippen LogP contribution in [0.4, 0.5) is 0 Å². The first-order valence-corrected chi connectivity index (χ1v) is 5.23. The molecule has 0 spiro atoms. The smallest absolute Gasteiger partial charge is 0.248 e. The van der Waals surface area contributed by atoms with Gasteiger partial charge < -0.3 is 19.7 Å². The van der Waals surface area contributed by atoms with Gasteiger partial charge in [0, 0.05) is 27.2 Å². The SMILES string of the molecule is CC1CNCC(COCC(=O)N(C)C)O1. The molecule has 88 valence electrons. The molecule has 0 radical (unpaired) electrons. The number of morpholine rings is 1. The molecule has 1 heterocycles. The van der Waals surface area contributed by atoms with Crippen LogP contribution in [0.25, 0.3) is 0 Å². The van der Waals surface area contributed by atoms with E-state index in [1.807, 2.05) is 6.92 Å². The van der Waals surface area contributed by atoms with Gasteiger partial charge in [0.2, 0.25) is 5.91 Å². The Balaban J connectivity index is 2.11. The highest BCUT2D eigenvalue weighted by atomic mass is 16.5. The molecule has 2 atom stereocenters. The Morgan fingerprint density at radius 3 is 2.87 bits per heavy atom. The zero-order valence-electron chi connectivity index (χ0n) is 9.66. The largest absolute Gasteiger partial charge is 0.370 e. The minimum Gasteiger partial charge on any atom is -0.370 e. The van der Waals surface area contributed by atoms with Crippen LogP contribution >= 0.6 is 0 Å². The molecule has 0 saturated carbocycles. The third-order valence-electron chi connectivity index (χ3n) is 2.26. The lowest BCUT2D eigenvalue weighted by Crippen LogP contribution is -2.45. The summed E-state index contributed by atoms with van der Waals surface area (Å²) in [6, 6.07) is 0. The van der Waals surface area contributed by atoms with E-state index >= 15 is 0 Å². The molecular weight excluding hydrogens is 196 g/mol. The maximum absolute atomic E-state index is 11.2. The van der Waals surface area contributed by atoms with Crippen LogP contribution in [0.3, 0.4) is 0 Å². The van der Waals surface area contributed by atoms with E-state index in [0.717, 1.165) is 13.1 Å². The predicted molar refractivity (Wildman–Crippen MR) is 56.7 cm³/mol. The molecule has 1 aliphatic rings. The second-order valence-electron chi connectivity index (χ2n) is 4.03. The van der Waals surface area contributed by atoms with Crippen molar-refractivity contribution in [3.63, 3.8) is 0 Å². The highest BCUT2D eigenvalue weighted by Crippen LogP contribution is 2.03. The van der Waals surface area contributed by atoms with E-state index in [2.05, 4.69) is 5.32 Å². The van der Waals surface area contributed by atoms with Crippen molar-refractivity contribution >= 4 is 5.91 Å². The van der Waals surface area contributed by atoms with E-state index in [0.29, 0.717) is 6.61 Å². The molecule has 0 bridgehead atoms. The van der Waals surface area contributed by atoms with Crippen LogP contribution < -0.4 is 5.32 Å². The van der Waals surface area contributed by atoms with Gasteiger partial charge in [-0.1, -0.05) is 0 Å². The highest BCUT2D eigenvalue weighted by Gasteiger charge is 2.19. The predicted octanol–water partition coefficient (Wildman–Crippen LogP) is -0.532. The Bertz CT molecular complexity index is 209. The first kappa shape index (κ1) is 12.4. The summed E-state index contributed by atoms with van der Waals surface area (Å²) in [4.78, 5) is 12.7. The molecule has 15 heavy (non-hydrogen) atoms. The Morgan fingerprint density at radius 1 is 1.53 bits per heavy atom. The molecule has 1 aliphatic heterocycles. The number of likely N-dealkylation sites (N-methyl/N-ethyl adjacent to an activating group) is 1. The standard InChI is InChI=1S/C10H20N2O3/c1-8-4-11-5-9(15-8)6-14-7-10(13)12(2)3/h8-9,11H,4-7H2,1-3H3. The van der Waals surface area contributed by atoms with Gasteiger partial charge in [-0.15, -0.1) is 0 Å². The molecule has 1 rings (SSSR count). The van der Waals surface area contributed by atoms with Gasteiger partial charge in [0.25, 0.3) is 0 Å². The topological polar surface area (TPSA) is 50.8 Å². The molecule has 5 nitrogen and oxygen atoms in total. The summed E-state index contributed by atoms with van der Waals surface area (Å²) in [5, 5.41) is 3.25. The Hall–Kier alpha value is -0.650. The summed E-state index contributed by atoms with van der Waals surface area (Å²) < 4.78 is 10.9. The monoisotopic (exact) mass is 216 g/mol. The molecule has 1 amide bonds. The fourth-order valence-corrected chi connectivity index (χ4v) is 1.38. The van der Waals surface area contributed by atoms with E-state index in [4.69, 9.17) is 9.47 Å². The van der Waals surface area contributed by atoms with Crippen molar-refractivity contribution in [2.45, 2.75) is 19.1 Å². The molecular formula is C10H20N2O3. The zero-order valence-corrected chi connectivity index (χ0v) is 9.66. The number of nitrogens with zero attached hydrogens (tertiary/aromatic N) is 1. The molecule has 1 N–H and O–H groups in total. The molecule has 2 unspecified atom stereocenters. The van der Waals surface area contributed by atoms with Gasteiger partial charge in [0.15, 0.2) is 0 Å².